The van der Waals surface area contributed by atoms with E-state index in [0.29, 0.717) is 44.5 Å². The number of anilines is 1. The summed E-state index contributed by atoms with van der Waals surface area (Å²) in [5.74, 6) is 0.694. The zero-order valence-corrected chi connectivity index (χ0v) is 21.1. The molecule has 14 nitrogen and oxygen atoms in total. The van der Waals surface area contributed by atoms with Gasteiger partial charge < -0.3 is 9.64 Å². The van der Waals surface area contributed by atoms with Gasteiger partial charge in [0.25, 0.3) is 20.2 Å². The molecule has 3 N–H and O–H groups in total. The highest BCUT2D eigenvalue weighted by Crippen LogP contribution is 2.23. The first kappa shape index (κ1) is 27.3. The zero-order chi connectivity index (χ0) is 25.9. The smallest absolute Gasteiger partial charge is 0.294 e. The second-order valence-electron chi connectivity index (χ2n) is 7.73. The van der Waals surface area contributed by atoms with Crippen molar-refractivity contribution in [1.29, 1.82) is 0 Å². The van der Waals surface area contributed by atoms with Gasteiger partial charge in [-0.05, 0) is 30.2 Å². The molecular weight excluding hydrogens is 526 g/mol. The van der Waals surface area contributed by atoms with Crippen LogP contribution in [0.5, 0.6) is 0 Å². The number of benzene rings is 1. The third-order valence-electron chi connectivity index (χ3n) is 4.91. The largest absolute Gasteiger partial charge is 0.378 e. The van der Waals surface area contributed by atoms with Crippen molar-refractivity contribution in [3.63, 3.8) is 0 Å². The van der Waals surface area contributed by atoms with Crippen molar-refractivity contribution in [1.82, 2.24) is 19.7 Å². The molecule has 2 heterocycles. The Labute approximate surface area is 203 Å². The predicted molar refractivity (Wildman–Crippen MR) is 123 cm³/mol. The third kappa shape index (κ3) is 8.13. The molecule has 0 radical (unpaired) electrons. The van der Waals surface area contributed by atoms with E-state index in [-0.39, 0.29) is 30.8 Å². The lowest BCUT2D eigenvalue weighted by Crippen LogP contribution is -2.37. The highest BCUT2D eigenvalue weighted by Gasteiger charge is 2.22. The molecule has 1 saturated heterocycles. The Hall–Kier alpha value is -2.28. The molecule has 0 saturated carbocycles. The molecule has 1 fully saturated rings. The molecule has 0 spiro atoms. The fourth-order valence-corrected chi connectivity index (χ4v) is 5.08. The van der Waals surface area contributed by atoms with Crippen LogP contribution >= 0.6 is 0 Å². The van der Waals surface area contributed by atoms with Gasteiger partial charge in [-0.15, -0.1) is 0 Å². The lowest BCUT2D eigenvalue weighted by atomic mass is 10.1. The molecule has 0 atom stereocenters. The van der Waals surface area contributed by atoms with Crippen LogP contribution in [0.2, 0.25) is 0 Å². The summed E-state index contributed by atoms with van der Waals surface area (Å²) in [6.45, 7) is 2.02. The number of hydrogen-bond donors (Lipinski definition) is 3. The number of aromatic nitrogens is 3. The fraction of sp³-hybridized carbons (Fsp3) is 0.500. The summed E-state index contributed by atoms with van der Waals surface area (Å²) in [4.78, 5) is 13.9. The lowest BCUT2D eigenvalue weighted by molar-refractivity contribution is 0.122. The maximum atomic E-state index is 11.9. The standard InChI is InChI=1S/C18H25N5O9S3/c1-33(24,25)19-6-2-3-16-20-17(22-18(21-16)23-7-9-32-10-8-23)12-13-11-14(34(26,27)28)4-5-15(13)35(29,30)31/h4-5,11,19H,2-3,6-10,12H2,1H3,(H,26,27,28)(H,29,30,31). The van der Waals surface area contributed by atoms with E-state index in [2.05, 4.69) is 19.7 Å². The highest BCUT2D eigenvalue weighted by molar-refractivity contribution is 7.88. The van der Waals surface area contributed by atoms with E-state index in [1.54, 1.807) is 0 Å². The van der Waals surface area contributed by atoms with Crippen LogP contribution in [0.15, 0.2) is 28.0 Å². The van der Waals surface area contributed by atoms with Crippen molar-refractivity contribution in [2.75, 3.05) is 44.0 Å². The maximum absolute atomic E-state index is 11.9. The van der Waals surface area contributed by atoms with Crippen LogP contribution in [0.4, 0.5) is 5.95 Å². The van der Waals surface area contributed by atoms with Crippen LogP contribution in [-0.2, 0) is 47.8 Å². The van der Waals surface area contributed by atoms with Crippen molar-refractivity contribution in [3.05, 3.63) is 35.4 Å². The summed E-state index contributed by atoms with van der Waals surface area (Å²) in [7, 11) is -12.7. The molecule has 0 unspecified atom stereocenters. The van der Waals surface area contributed by atoms with Crippen LogP contribution in [0, 0.1) is 0 Å². The van der Waals surface area contributed by atoms with Crippen LogP contribution in [-0.4, -0.2) is 88.4 Å². The van der Waals surface area contributed by atoms with Gasteiger partial charge >= 0.3 is 0 Å². The number of nitrogens with zero attached hydrogens (tertiary/aromatic N) is 4. The predicted octanol–water partition coefficient (Wildman–Crippen LogP) is -0.726. The Kier molecular flexibility index (Phi) is 8.40. The highest BCUT2D eigenvalue weighted by atomic mass is 32.2. The summed E-state index contributed by atoms with van der Waals surface area (Å²) in [5, 5.41) is 0. The Morgan fingerprint density at radius 3 is 2.23 bits per heavy atom. The summed E-state index contributed by atoms with van der Waals surface area (Å²) >= 11 is 0. The number of hydrogen-bond acceptors (Lipinski definition) is 11. The molecule has 0 aliphatic carbocycles. The first-order chi connectivity index (χ1) is 16.2. The van der Waals surface area contributed by atoms with E-state index < -0.39 is 40.1 Å². The number of nitrogens with one attached hydrogen (secondary N) is 1. The SMILES string of the molecule is CS(=O)(=O)NCCCc1nc(Cc2cc(S(=O)(=O)O)ccc2S(=O)(=O)O)nc(N2CCOCC2)n1. The number of sulfonamides is 1. The number of rotatable bonds is 10. The molecule has 3 rings (SSSR count). The van der Waals surface area contributed by atoms with Gasteiger partial charge in [0.15, 0.2) is 0 Å². The fourth-order valence-electron chi connectivity index (χ4n) is 3.33. The summed E-state index contributed by atoms with van der Waals surface area (Å²) < 4.78 is 96.0. The van der Waals surface area contributed by atoms with Crippen molar-refractivity contribution in [2.45, 2.75) is 29.1 Å². The minimum Gasteiger partial charge on any atom is -0.378 e. The zero-order valence-electron chi connectivity index (χ0n) is 18.7. The van der Waals surface area contributed by atoms with Crippen LogP contribution < -0.4 is 9.62 Å². The van der Waals surface area contributed by atoms with Gasteiger partial charge in [-0.2, -0.15) is 26.8 Å². The van der Waals surface area contributed by atoms with Gasteiger partial charge in [-0.3, -0.25) is 9.11 Å². The average Bonchev–Trinajstić information content (AvgIpc) is 2.75. The van der Waals surface area contributed by atoms with Gasteiger partial charge in [0.05, 0.1) is 29.3 Å². The first-order valence-corrected chi connectivity index (χ1v) is 15.1. The third-order valence-corrected chi connectivity index (χ3v) is 7.44. The van der Waals surface area contributed by atoms with Crippen molar-refractivity contribution >= 4 is 36.2 Å². The molecular formula is C18H25N5O9S3. The number of morpholine rings is 1. The first-order valence-electron chi connectivity index (χ1n) is 10.3. The topological polar surface area (TPSA) is 206 Å². The molecule has 1 aliphatic rings. The second kappa shape index (κ2) is 10.8. The molecule has 0 bridgehead atoms. The second-order valence-corrected chi connectivity index (χ2v) is 12.4. The number of ether oxygens (including phenoxy) is 1. The van der Waals surface area contributed by atoms with E-state index in [4.69, 9.17) is 4.74 Å². The van der Waals surface area contributed by atoms with Crippen molar-refractivity contribution < 1.29 is 39.1 Å². The van der Waals surface area contributed by atoms with Gasteiger partial charge in [0.1, 0.15) is 11.6 Å². The van der Waals surface area contributed by atoms with Crippen LogP contribution in [0.3, 0.4) is 0 Å². The lowest BCUT2D eigenvalue weighted by Gasteiger charge is -2.27. The normalized spacial score (nSPS) is 15.3. The average molecular weight is 552 g/mol. The monoisotopic (exact) mass is 551 g/mol. The summed E-state index contributed by atoms with van der Waals surface area (Å²) in [6, 6.07) is 2.65. The van der Waals surface area contributed by atoms with Gasteiger partial charge in [0.2, 0.25) is 16.0 Å². The van der Waals surface area contributed by atoms with E-state index >= 15 is 0 Å². The Bertz CT molecular complexity index is 1390. The molecule has 194 valence electrons. The molecule has 1 aromatic heterocycles. The Balaban J connectivity index is 1.98. The quantitative estimate of drug-likeness (QED) is 0.246. The van der Waals surface area contributed by atoms with Gasteiger partial charge in [-0.25, -0.2) is 18.1 Å². The van der Waals surface area contributed by atoms with E-state index in [1.165, 1.54) is 0 Å². The molecule has 17 heteroatoms. The Morgan fingerprint density at radius 1 is 0.971 bits per heavy atom. The molecule has 1 aromatic carbocycles. The molecule has 0 amide bonds. The van der Waals surface area contributed by atoms with Gasteiger partial charge in [-0.1, -0.05) is 0 Å². The summed E-state index contributed by atoms with van der Waals surface area (Å²) in [6.07, 6.45) is 1.38. The van der Waals surface area contributed by atoms with E-state index in [1.807, 2.05) is 4.90 Å². The van der Waals surface area contributed by atoms with Gasteiger partial charge in [0, 0.05) is 32.5 Å². The molecule has 2 aromatic rings. The maximum Gasteiger partial charge on any atom is 0.294 e. The van der Waals surface area contributed by atoms with E-state index in [0.717, 1.165) is 24.5 Å². The van der Waals surface area contributed by atoms with E-state index in [9.17, 15) is 34.4 Å². The molecule has 35 heavy (non-hydrogen) atoms. The van der Waals surface area contributed by atoms with Crippen LogP contribution in [0.25, 0.3) is 0 Å². The van der Waals surface area contributed by atoms with Crippen molar-refractivity contribution in [3.8, 4) is 0 Å². The van der Waals surface area contributed by atoms with Crippen LogP contribution in [0.1, 0.15) is 23.6 Å². The molecule has 1 aliphatic heterocycles. The number of aryl methyl sites for hydroxylation is 1. The van der Waals surface area contributed by atoms with Crippen molar-refractivity contribution in [2.24, 2.45) is 0 Å². The Morgan fingerprint density at radius 2 is 1.63 bits per heavy atom. The summed E-state index contributed by atoms with van der Waals surface area (Å²) in [5.41, 5.74) is -0.147. The minimum atomic E-state index is -4.73. The minimum absolute atomic E-state index is 0.0879.